The number of aromatic nitrogens is 2. The Hall–Kier alpha value is -1.38. The first-order valence-electron chi connectivity index (χ1n) is 8.43. The number of hydrogen-bond donors (Lipinski definition) is 0. The summed E-state index contributed by atoms with van der Waals surface area (Å²) in [5, 5.41) is 4.09. The molecule has 0 unspecified atom stereocenters. The van der Waals surface area contributed by atoms with Gasteiger partial charge in [0, 0.05) is 60.6 Å². The lowest BCUT2D eigenvalue weighted by molar-refractivity contribution is 0.122. The zero-order valence-electron chi connectivity index (χ0n) is 14.1. The fourth-order valence-electron chi connectivity index (χ4n) is 3.09. The molecule has 1 fully saturated rings. The SMILES string of the molecule is Fc1cccc(-c2ccc(CN3CCN(Cc4nnsc4Cl)CC3)s2)c1. The fraction of sp³-hybridized carbons (Fsp3) is 0.333. The molecule has 2 aromatic heterocycles. The molecule has 0 saturated carbocycles. The summed E-state index contributed by atoms with van der Waals surface area (Å²) in [7, 11) is 0. The molecule has 1 aliphatic heterocycles. The van der Waals surface area contributed by atoms with Crippen LogP contribution in [0.2, 0.25) is 4.34 Å². The Kier molecular flexibility index (Phi) is 5.61. The summed E-state index contributed by atoms with van der Waals surface area (Å²) in [4.78, 5) is 7.25. The number of rotatable bonds is 5. The van der Waals surface area contributed by atoms with E-state index < -0.39 is 0 Å². The van der Waals surface area contributed by atoms with E-state index in [9.17, 15) is 4.39 Å². The van der Waals surface area contributed by atoms with Crippen molar-refractivity contribution in [3.63, 3.8) is 0 Å². The normalized spacial score (nSPS) is 16.2. The predicted octanol–water partition coefficient (Wildman–Crippen LogP) is 4.38. The lowest BCUT2D eigenvalue weighted by Gasteiger charge is -2.34. The summed E-state index contributed by atoms with van der Waals surface area (Å²) >= 11 is 9.07. The Morgan fingerprint density at radius 3 is 2.50 bits per heavy atom. The number of piperazine rings is 1. The van der Waals surface area contributed by atoms with Crippen molar-refractivity contribution in [3.8, 4) is 10.4 Å². The van der Waals surface area contributed by atoms with Crippen molar-refractivity contribution in [2.45, 2.75) is 13.1 Å². The van der Waals surface area contributed by atoms with E-state index in [2.05, 4.69) is 31.5 Å². The molecule has 4 nitrogen and oxygen atoms in total. The van der Waals surface area contributed by atoms with E-state index in [1.165, 1.54) is 22.5 Å². The molecule has 1 saturated heterocycles. The molecule has 0 spiro atoms. The molecule has 4 rings (SSSR count). The van der Waals surface area contributed by atoms with Crippen LogP contribution in [-0.4, -0.2) is 45.6 Å². The summed E-state index contributed by atoms with van der Waals surface area (Å²) in [6.07, 6.45) is 0. The average molecular weight is 409 g/mol. The van der Waals surface area contributed by atoms with Crippen molar-refractivity contribution in [3.05, 3.63) is 57.1 Å². The molecule has 0 aliphatic carbocycles. The van der Waals surface area contributed by atoms with Crippen LogP contribution in [0.3, 0.4) is 0 Å². The van der Waals surface area contributed by atoms with Gasteiger partial charge in [-0.25, -0.2) is 4.39 Å². The smallest absolute Gasteiger partial charge is 0.138 e. The molecule has 0 amide bonds. The maximum atomic E-state index is 13.4. The van der Waals surface area contributed by atoms with Gasteiger partial charge in [0.2, 0.25) is 0 Å². The molecule has 8 heteroatoms. The van der Waals surface area contributed by atoms with Crippen LogP contribution in [0.25, 0.3) is 10.4 Å². The van der Waals surface area contributed by atoms with Crippen LogP contribution in [0.1, 0.15) is 10.6 Å². The van der Waals surface area contributed by atoms with Crippen LogP contribution in [0.4, 0.5) is 4.39 Å². The van der Waals surface area contributed by atoms with Gasteiger partial charge in [-0.1, -0.05) is 28.2 Å². The maximum absolute atomic E-state index is 13.4. The van der Waals surface area contributed by atoms with E-state index in [4.69, 9.17) is 11.6 Å². The Balaban J connectivity index is 1.31. The highest BCUT2D eigenvalue weighted by atomic mass is 35.5. The van der Waals surface area contributed by atoms with Crippen LogP contribution >= 0.6 is 34.5 Å². The van der Waals surface area contributed by atoms with Gasteiger partial charge in [-0.2, -0.15) is 0 Å². The third-order valence-corrected chi connectivity index (χ3v) is 6.60. The van der Waals surface area contributed by atoms with Gasteiger partial charge in [0.05, 0.1) is 0 Å². The second kappa shape index (κ2) is 8.10. The lowest BCUT2D eigenvalue weighted by atomic mass is 10.2. The van der Waals surface area contributed by atoms with Crippen molar-refractivity contribution in [1.29, 1.82) is 0 Å². The number of benzene rings is 1. The van der Waals surface area contributed by atoms with Gasteiger partial charge in [0.25, 0.3) is 0 Å². The quantitative estimate of drug-likeness (QED) is 0.627. The van der Waals surface area contributed by atoms with Crippen LogP contribution in [0, 0.1) is 5.82 Å². The highest BCUT2D eigenvalue weighted by molar-refractivity contribution is 7.15. The largest absolute Gasteiger partial charge is 0.296 e. The Labute approximate surface area is 165 Å². The van der Waals surface area contributed by atoms with E-state index in [1.807, 2.05) is 6.07 Å². The van der Waals surface area contributed by atoms with E-state index >= 15 is 0 Å². The van der Waals surface area contributed by atoms with E-state index in [0.29, 0.717) is 4.34 Å². The minimum absolute atomic E-state index is 0.191. The van der Waals surface area contributed by atoms with Gasteiger partial charge in [0.1, 0.15) is 15.8 Å². The zero-order chi connectivity index (χ0) is 17.9. The standard InChI is InChI=1S/C18H18ClFN4S2/c19-18-16(21-22-26-18)12-24-8-6-23(7-9-24)11-15-4-5-17(25-15)13-2-1-3-14(20)10-13/h1-5,10H,6-9,11-12H2. The molecule has 0 radical (unpaired) electrons. The van der Waals surface area contributed by atoms with E-state index in [1.54, 1.807) is 23.5 Å². The van der Waals surface area contributed by atoms with Crippen LogP contribution in [0.15, 0.2) is 36.4 Å². The van der Waals surface area contributed by atoms with E-state index in [-0.39, 0.29) is 5.82 Å². The number of nitrogens with zero attached hydrogens (tertiary/aromatic N) is 4. The first-order valence-corrected chi connectivity index (χ1v) is 10.4. The van der Waals surface area contributed by atoms with Crippen molar-refractivity contribution in [2.75, 3.05) is 26.2 Å². The maximum Gasteiger partial charge on any atom is 0.138 e. The third-order valence-electron chi connectivity index (χ3n) is 4.50. The van der Waals surface area contributed by atoms with Crippen LogP contribution < -0.4 is 0 Å². The number of hydrogen-bond acceptors (Lipinski definition) is 6. The summed E-state index contributed by atoms with van der Waals surface area (Å²) in [6, 6.07) is 11.0. The third kappa shape index (κ3) is 4.29. The lowest BCUT2D eigenvalue weighted by Crippen LogP contribution is -2.45. The Morgan fingerprint density at radius 2 is 1.81 bits per heavy atom. The van der Waals surface area contributed by atoms with Gasteiger partial charge < -0.3 is 0 Å². The Morgan fingerprint density at radius 1 is 1.04 bits per heavy atom. The first-order chi connectivity index (χ1) is 12.7. The van der Waals surface area contributed by atoms with Crippen molar-refractivity contribution in [1.82, 2.24) is 19.4 Å². The van der Waals surface area contributed by atoms with E-state index in [0.717, 1.165) is 55.4 Å². The zero-order valence-corrected chi connectivity index (χ0v) is 16.5. The summed E-state index contributed by atoms with van der Waals surface area (Å²) in [6.45, 7) is 5.73. The van der Waals surface area contributed by atoms with Gasteiger partial charge in [-0.15, -0.1) is 16.4 Å². The topological polar surface area (TPSA) is 32.3 Å². The Bertz CT molecular complexity index is 873. The molecule has 1 aromatic carbocycles. The van der Waals surface area contributed by atoms with Crippen molar-refractivity contribution < 1.29 is 4.39 Å². The van der Waals surface area contributed by atoms with Crippen LogP contribution in [0.5, 0.6) is 0 Å². The molecular weight excluding hydrogens is 391 g/mol. The second-order valence-corrected chi connectivity index (χ2v) is 8.85. The molecular formula is C18H18ClFN4S2. The molecule has 3 aromatic rings. The van der Waals surface area contributed by atoms with Gasteiger partial charge in [-0.3, -0.25) is 9.80 Å². The molecule has 0 atom stereocenters. The molecule has 1 aliphatic rings. The fourth-order valence-corrected chi connectivity index (χ4v) is 4.75. The highest BCUT2D eigenvalue weighted by Gasteiger charge is 2.19. The number of thiophene rings is 1. The molecule has 0 N–H and O–H groups in total. The monoisotopic (exact) mass is 408 g/mol. The second-order valence-electron chi connectivity index (χ2n) is 6.32. The molecule has 136 valence electrons. The minimum Gasteiger partial charge on any atom is -0.296 e. The van der Waals surface area contributed by atoms with Crippen molar-refractivity contribution in [2.24, 2.45) is 0 Å². The van der Waals surface area contributed by atoms with Crippen molar-refractivity contribution >= 4 is 34.5 Å². The summed E-state index contributed by atoms with van der Waals surface area (Å²) in [5.74, 6) is -0.191. The van der Waals surface area contributed by atoms with Gasteiger partial charge in [0.15, 0.2) is 0 Å². The average Bonchev–Trinajstić information content (AvgIpc) is 3.26. The van der Waals surface area contributed by atoms with Gasteiger partial charge in [-0.05, 0) is 29.8 Å². The first kappa shape index (κ1) is 18.0. The summed E-state index contributed by atoms with van der Waals surface area (Å²) in [5.41, 5.74) is 1.82. The summed E-state index contributed by atoms with van der Waals surface area (Å²) < 4.78 is 18.0. The highest BCUT2D eigenvalue weighted by Crippen LogP contribution is 2.29. The predicted molar refractivity (Wildman–Crippen MR) is 105 cm³/mol. The molecule has 26 heavy (non-hydrogen) atoms. The molecule has 0 bridgehead atoms. The van der Waals surface area contributed by atoms with Gasteiger partial charge >= 0.3 is 0 Å². The van der Waals surface area contributed by atoms with Crippen LogP contribution in [-0.2, 0) is 13.1 Å². The minimum atomic E-state index is -0.191. The number of halogens is 2. The molecule has 3 heterocycles.